The first-order chi connectivity index (χ1) is 4.68. The fourth-order valence-electron chi connectivity index (χ4n) is 1.57. The number of hydrogen-bond acceptors (Lipinski definition) is 2. The van der Waals surface area contributed by atoms with Gasteiger partial charge in [-0.3, -0.25) is 10.1 Å². The van der Waals surface area contributed by atoms with Gasteiger partial charge >= 0.3 is 0 Å². The van der Waals surface area contributed by atoms with E-state index in [1.165, 1.54) is 6.42 Å². The monoisotopic (exact) mass is 143 g/mol. The molecule has 0 aromatic carbocycles. The molecule has 1 fully saturated rings. The molecule has 0 atom stereocenters. The summed E-state index contributed by atoms with van der Waals surface area (Å²) in [6, 6.07) is 0. The Bertz CT molecular complexity index is 135. The fourth-order valence-corrected chi connectivity index (χ4v) is 1.57. The van der Waals surface area contributed by atoms with E-state index < -0.39 is 0 Å². The Morgan fingerprint density at radius 2 is 2.20 bits per heavy atom. The first-order valence-corrected chi connectivity index (χ1v) is 3.80. The zero-order chi connectivity index (χ0) is 7.61. The molecule has 1 aliphatic rings. The second-order valence-electron chi connectivity index (χ2n) is 3.20. The molecule has 10 heavy (non-hydrogen) atoms. The minimum absolute atomic E-state index is 0.0868. The summed E-state index contributed by atoms with van der Waals surface area (Å²) < 4.78 is 0. The van der Waals surface area contributed by atoms with Gasteiger partial charge in [-0.25, -0.2) is 0 Å². The number of rotatable bonds is 3. The molecule has 1 saturated carbocycles. The largest absolute Gasteiger partial charge is 0.265 e. The fraction of sp³-hybridized carbons (Fsp3) is 1.00. The SMILES string of the molecule is CCC1(C[N+](=O)[O-])CCC1. The molecule has 0 amide bonds. The van der Waals surface area contributed by atoms with Crippen LogP contribution in [0.15, 0.2) is 0 Å². The highest BCUT2D eigenvalue weighted by Gasteiger charge is 2.39. The van der Waals surface area contributed by atoms with E-state index in [0.717, 1.165) is 19.3 Å². The van der Waals surface area contributed by atoms with E-state index in [0.29, 0.717) is 0 Å². The van der Waals surface area contributed by atoms with Gasteiger partial charge in [-0.1, -0.05) is 13.3 Å². The first-order valence-electron chi connectivity index (χ1n) is 3.80. The lowest BCUT2D eigenvalue weighted by atomic mass is 9.67. The Morgan fingerprint density at radius 1 is 1.60 bits per heavy atom. The number of hydrogen-bond donors (Lipinski definition) is 0. The molecule has 58 valence electrons. The van der Waals surface area contributed by atoms with Gasteiger partial charge in [0.1, 0.15) is 0 Å². The molecule has 0 bridgehead atoms. The zero-order valence-electron chi connectivity index (χ0n) is 6.30. The normalized spacial score (nSPS) is 21.7. The maximum Gasteiger partial charge on any atom is 0.209 e. The molecule has 0 radical (unpaired) electrons. The summed E-state index contributed by atoms with van der Waals surface area (Å²) >= 11 is 0. The van der Waals surface area contributed by atoms with Crippen LogP contribution in [0.2, 0.25) is 0 Å². The van der Waals surface area contributed by atoms with E-state index >= 15 is 0 Å². The van der Waals surface area contributed by atoms with Crippen LogP contribution in [0.5, 0.6) is 0 Å². The van der Waals surface area contributed by atoms with Crippen molar-refractivity contribution in [3.8, 4) is 0 Å². The maximum atomic E-state index is 10.2. The van der Waals surface area contributed by atoms with Crippen LogP contribution in [-0.4, -0.2) is 11.5 Å². The zero-order valence-corrected chi connectivity index (χ0v) is 6.30. The van der Waals surface area contributed by atoms with Gasteiger partial charge in [-0.15, -0.1) is 0 Å². The van der Waals surface area contributed by atoms with Crippen molar-refractivity contribution >= 4 is 0 Å². The average molecular weight is 143 g/mol. The van der Waals surface area contributed by atoms with Crippen LogP contribution < -0.4 is 0 Å². The van der Waals surface area contributed by atoms with Crippen LogP contribution in [0.1, 0.15) is 32.6 Å². The molecule has 1 aliphatic carbocycles. The molecule has 0 N–H and O–H groups in total. The quantitative estimate of drug-likeness (QED) is 0.447. The van der Waals surface area contributed by atoms with Crippen LogP contribution in [0.4, 0.5) is 0 Å². The predicted molar refractivity (Wildman–Crippen MR) is 38.4 cm³/mol. The standard InChI is InChI=1S/C7H13NO2/c1-2-7(4-3-5-7)6-8(9)10/h2-6H2,1H3. The molecule has 0 aliphatic heterocycles. The highest BCUT2D eigenvalue weighted by Crippen LogP contribution is 2.43. The lowest BCUT2D eigenvalue weighted by molar-refractivity contribution is -0.501. The van der Waals surface area contributed by atoms with Crippen molar-refractivity contribution in [1.82, 2.24) is 0 Å². The van der Waals surface area contributed by atoms with Crippen molar-refractivity contribution in [2.24, 2.45) is 5.41 Å². The van der Waals surface area contributed by atoms with Gasteiger partial charge in [0, 0.05) is 10.3 Å². The van der Waals surface area contributed by atoms with Gasteiger partial charge < -0.3 is 0 Å². The van der Waals surface area contributed by atoms with Crippen molar-refractivity contribution < 1.29 is 4.92 Å². The Kier molecular flexibility index (Phi) is 1.92. The molecule has 0 aromatic heterocycles. The Hall–Kier alpha value is -0.600. The topological polar surface area (TPSA) is 43.1 Å². The van der Waals surface area contributed by atoms with Crippen molar-refractivity contribution in [2.45, 2.75) is 32.6 Å². The van der Waals surface area contributed by atoms with Crippen molar-refractivity contribution in [2.75, 3.05) is 6.54 Å². The smallest absolute Gasteiger partial charge is 0.209 e. The average Bonchev–Trinajstić information content (AvgIpc) is 1.78. The Labute approximate surface area is 60.6 Å². The summed E-state index contributed by atoms with van der Waals surface area (Å²) in [7, 11) is 0. The third-order valence-electron chi connectivity index (χ3n) is 2.63. The molecule has 3 heteroatoms. The highest BCUT2D eigenvalue weighted by atomic mass is 16.6. The van der Waals surface area contributed by atoms with E-state index in [4.69, 9.17) is 0 Å². The summed E-state index contributed by atoms with van der Waals surface area (Å²) in [6.45, 7) is 2.23. The van der Waals surface area contributed by atoms with E-state index in [1.54, 1.807) is 0 Å². The van der Waals surface area contributed by atoms with E-state index in [1.807, 2.05) is 6.92 Å². The minimum atomic E-state index is -0.178. The summed E-state index contributed by atoms with van der Waals surface area (Å²) in [4.78, 5) is 9.99. The Morgan fingerprint density at radius 3 is 2.30 bits per heavy atom. The third-order valence-corrected chi connectivity index (χ3v) is 2.63. The van der Waals surface area contributed by atoms with E-state index in [9.17, 15) is 10.1 Å². The molecule has 0 spiro atoms. The van der Waals surface area contributed by atoms with Crippen LogP contribution >= 0.6 is 0 Å². The summed E-state index contributed by atoms with van der Waals surface area (Å²) in [5.41, 5.74) is 0.0868. The second-order valence-corrected chi connectivity index (χ2v) is 3.20. The molecule has 1 rings (SSSR count). The van der Waals surface area contributed by atoms with Gasteiger partial charge in [-0.2, -0.15) is 0 Å². The van der Waals surface area contributed by atoms with Gasteiger partial charge in [0.05, 0.1) is 0 Å². The molecular formula is C7H13NO2. The number of nitrogens with zero attached hydrogens (tertiary/aromatic N) is 1. The lowest BCUT2D eigenvalue weighted by Gasteiger charge is -2.37. The maximum absolute atomic E-state index is 10.2. The van der Waals surface area contributed by atoms with Crippen molar-refractivity contribution in [3.63, 3.8) is 0 Å². The van der Waals surface area contributed by atoms with Gasteiger partial charge in [-0.05, 0) is 19.3 Å². The molecule has 3 nitrogen and oxygen atoms in total. The molecular weight excluding hydrogens is 130 g/mol. The van der Waals surface area contributed by atoms with Crippen LogP contribution in [0.3, 0.4) is 0 Å². The van der Waals surface area contributed by atoms with Gasteiger partial charge in [0.2, 0.25) is 6.54 Å². The van der Waals surface area contributed by atoms with Crippen LogP contribution in [0, 0.1) is 15.5 Å². The highest BCUT2D eigenvalue weighted by molar-refractivity contribution is 4.85. The van der Waals surface area contributed by atoms with Crippen molar-refractivity contribution in [3.05, 3.63) is 10.1 Å². The lowest BCUT2D eigenvalue weighted by Crippen LogP contribution is -2.35. The van der Waals surface area contributed by atoms with Crippen molar-refractivity contribution in [1.29, 1.82) is 0 Å². The minimum Gasteiger partial charge on any atom is -0.265 e. The summed E-state index contributed by atoms with van der Waals surface area (Å²) in [5.74, 6) is 0. The Balaban J connectivity index is 2.40. The molecule has 0 saturated heterocycles. The second kappa shape index (κ2) is 2.56. The molecule has 0 heterocycles. The van der Waals surface area contributed by atoms with Crippen LogP contribution in [0.25, 0.3) is 0 Å². The molecule has 0 unspecified atom stereocenters. The van der Waals surface area contributed by atoms with E-state index in [-0.39, 0.29) is 16.9 Å². The molecule has 0 aromatic rings. The summed E-state index contributed by atoms with van der Waals surface area (Å²) in [6.07, 6.45) is 4.27. The third kappa shape index (κ3) is 1.28. The van der Waals surface area contributed by atoms with Crippen LogP contribution in [-0.2, 0) is 0 Å². The summed E-state index contributed by atoms with van der Waals surface area (Å²) in [5, 5.41) is 10.2. The predicted octanol–water partition coefficient (Wildman–Crippen LogP) is 1.84. The number of nitro groups is 1. The van der Waals surface area contributed by atoms with Gasteiger partial charge in [0.25, 0.3) is 0 Å². The first kappa shape index (κ1) is 7.51. The van der Waals surface area contributed by atoms with Gasteiger partial charge in [0.15, 0.2) is 0 Å². The van der Waals surface area contributed by atoms with E-state index in [2.05, 4.69) is 0 Å².